The Morgan fingerprint density at radius 1 is 1.24 bits per heavy atom. The predicted octanol–water partition coefficient (Wildman–Crippen LogP) is 0.00790. The maximum absolute atomic E-state index is 11.9. The van der Waals surface area contributed by atoms with Crippen LogP contribution < -0.4 is 5.32 Å². The van der Waals surface area contributed by atoms with Gasteiger partial charge in [-0.15, -0.1) is 0 Å². The molecule has 94 valence electrons. The van der Waals surface area contributed by atoms with E-state index in [0.29, 0.717) is 13.0 Å². The molecule has 1 saturated carbocycles. The maximum Gasteiger partial charge on any atom is 0.307 e. The zero-order chi connectivity index (χ0) is 12.4. The van der Waals surface area contributed by atoms with Crippen LogP contribution in [-0.4, -0.2) is 35.2 Å². The SMILES string of the molecule is O=C(O)[C@@H]1C2C=CC(C2)[C@@H]1C(=O)NCCCO. The lowest BCUT2D eigenvalue weighted by atomic mass is 9.82. The van der Waals surface area contributed by atoms with Crippen molar-refractivity contribution in [3.63, 3.8) is 0 Å². The number of carboxylic acid groups (broad SMARTS) is 1. The van der Waals surface area contributed by atoms with Crippen molar-refractivity contribution in [3.05, 3.63) is 12.2 Å². The number of allylic oxidation sites excluding steroid dienone is 2. The number of carbonyl (C=O) groups excluding carboxylic acids is 1. The molecule has 2 rings (SSSR count). The number of carboxylic acids is 1. The van der Waals surface area contributed by atoms with Crippen LogP contribution in [0.2, 0.25) is 0 Å². The molecule has 0 aromatic carbocycles. The highest BCUT2D eigenvalue weighted by Gasteiger charge is 2.51. The molecule has 0 aromatic rings. The standard InChI is InChI=1S/C12H17NO4/c14-5-1-4-13-11(15)9-7-2-3-8(6-7)10(9)12(16)17/h2-3,7-10,14H,1,4-6H2,(H,13,15)(H,16,17)/t7?,8?,9-,10+/m0/s1. The molecule has 2 aliphatic rings. The number of hydrogen-bond donors (Lipinski definition) is 3. The third kappa shape index (κ3) is 2.20. The Balaban J connectivity index is 2.01. The number of nitrogens with one attached hydrogen (secondary N) is 1. The van der Waals surface area contributed by atoms with E-state index in [1.165, 1.54) is 0 Å². The van der Waals surface area contributed by atoms with Gasteiger partial charge in [0.2, 0.25) is 5.91 Å². The maximum atomic E-state index is 11.9. The molecule has 5 heteroatoms. The van der Waals surface area contributed by atoms with Crippen molar-refractivity contribution in [1.29, 1.82) is 0 Å². The number of hydrogen-bond acceptors (Lipinski definition) is 3. The molecule has 2 bridgehead atoms. The zero-order valence-electron chi connectivity index (χ0n) is 9.50. The molecule has 17 heavy (non-hydrogen) atoms. The van der Waals surface area contributed by atoms with Crippen LogP contribution in [0.5, 0.6) is 0 Å². The summed E-state index contributed by atoms with van der Waals surface area (Å²) in [6, 6.07) is 0. The van der Waals surface area contributed by atoms with Crippen LogP contribution in [0.15, 0.2) is 12.2 Å². The van der Waals surface area contributed by atoms with Crippen molar-refractivity contribution in [2.45, 2.75) is 12.8 Å². The lowest BCUT2D eigenvalue weighted by molar-refractivity contribution is -0.147. The highest BCUT2D eigenvalue weighted by molar-refractivity contribution is 5.86. The quantitative estimate of drug-likeness (QED) is 0.466. The minimum atomic E-state index is -0.885. The van der Waals surface area contributed by atoms with Gasteiger partial charge in [-0.1, -0.05) is 12.2 Å². The molecule has 5 nitrogen and oxygen atoms in total. The molecule has 0 radical (unpaired) electrons. The Labute approximate surface area is 99.5 Å². The second kappa shape index (κ2) is 4.87. The summed E-state index contributed by atoms with van der Waals surface area (Å²) in [6.07, 6.45) is 5.15. The highest BCUT2D eigenvalue weighted by atomic mass is 16.4. The Hall–Kier alpha value is -1.36. The van der Waals surface area contributed by atoms with Gasteiger partial charge >= 0.3 is 5.97 Å². The third-order valence-corrected chi connectivity index (χ3v) is 3.68. The number of aliphatic hydroxyl groups is 1. The zero-order valence-corrected chi connectivity index (χ0v) is 9.50. The normalized spacial score (nSPS) is 33.9. The van der Waals surface area contributed by atoms with Gasteiger partial charge in [-0.25, -0.2) is 0 Å². The number of carbonyl (C=O) groups is 2. The Morgan fingerprint density at radius 2 is 1.88 bits per heavy atom. The van der Waals surface area contributed by atoms with E-state index in [1.807, 2.05) is 12.2 Å². The average Bonchev–Trinajstić information content (AvgIpc) is 2.88. The van der Waals surface area contributed by atoms with Gasteiger partial charge in [-0.2, -0.15) is 0 Å². The van der Waals surface area contributed by atoms with Crippen LogP contribution >= 0.6 is 0 Å². The second-order valence-corrected chi connectivity index (χ2v) is 4.71. The highest BCUT2D eigenvalue weighted by Crippen LogP contribution is 2.48. The van der Waals surface area contributed by atoms with E-state index < -0.39 is 17.8 Å². The summed E-state index contributed by atoms with van der Waals surface area (Å²) >= 11 is 0. The summed E-state index contributed by atoms with van der Waals surface area (Å²) in [4.78, 5) is 23.1. The minimum absolute atomic E-state index is 0.00564. The van der Waals surface area contributed by atoms with E-state index in [4.69, 9.17) is 5.11 Å². The molecule has 0 spiro atoms. The fraction of sp³-hybridized carbons (Fsp3) is 0.667. The summed E-state index contributed by atoms with van der Waals surface area (Å²) in [6.45, 7) is 0.429. The van der Waals surface area contributed by atoms with Crippen molar-refractivity contribution in [1.82, 2.24) is 5.32 Å². The number of aliphatic hydroxyl groups excluding tert-OH is 1. The van der Waals surface area contributed by atoms with E-state index in [2.05, 4.69) is 5.32 Å². The minimum Gasteiger partial charge on any atom is -0.481 e. The van der Waals surface area contributed by atoms with Crippen molar-refractivity contribution < 1.29 is 19.8 Å². The van der Waals surface area contributed by atoms with Crippen molar-refractivity contribution in [2.75, 3.05) is 13.2 Å². The first-order valence-corrected chi connectivity index (χ1v) is 5.95. The molecule has 3 N–H and O–H groups in total. The average molecular weight is 239 g/mol. The summed E-state index contributed by atoms with van der Waals surface area (Å²) in [7, 11) is 0. The molecule has 0 saturated heterocycles. The van der Waals surface area contributed by atoms with E-state index >= 15 is 0 Å². The first-order chi connectivity index (χ1) is 8.15. The molecular weight excluding hydrogens is 222 g/mol. The van der Waals surface area contributed by atoms with Gasteiger partial charge in [0, 0.05) is 13.2 Å². The third-order valence-electron chi connectivity index (χ3n) is 3.68. The van der Waals surface area contributed by atoms with Crippen LogP contribution in [0, 0.1) is 23.7 Å². The van der Waals surface area contributed by atoms with Crippen molar-refractivity contribution in [2.24, 2.45) is 23.7 Å². The smallest absolute Gasteiger partial charge is 0.307 e. The summed E-state index contributed by atoms with van der Waals surface area (Å²) in [5.41, 5.74) is 0. The van der Waals surface area contributed by atoms with Gasteiger partial charge in [0.25, 0.3) is 0 Å². The molecule has 1 fully saturated rings. The number of aliphatic carboxylic acids is 1. The van der Waals surface area contributed by atoms with Gasteiger partial charge in [0.15, 0.2) is 0 Å². The van der Waals surface area contributed by atoms with Gasteiger partial charge < -0.3 is 15.5 Å². The molecule has 0 aliphatic heterocycles. The van der Waals surface area contributed by atoms with Crippen molar-refractivity contribution >= 4 is 11.9 Å². The summed E-state index contributed by atoms with van der Waals surface area (Å²) < 4.78 is 0. The first-order valence-electron chi connectivity index (χ1n) is 5.95. The van der Waals surface area contributed by atoms with Crippen LogP contribution in [0.4, 0.5) is 0 Å². The molecule has 1 amide bonds. The van der Waals surface area contributed by atoms with Crippen LogP contribution in [0.25, 0.3) is 0 Å². The molecule has 0 heterocycles. The fourth-order valence-electron chi connectivity index (χ4n) is 2.92. The lowest BCUT2D eigenvalue weighted by Crippen LogP contribution is -2.40. The molecule has 0 aromatic heterocycles. The molecule has 4 atom stereocenters. The first kappa shape index (κ1) is 12.1. The molecule has 2 aliphatic carbocycles. The van der Waals surface area contributed by atoms with Crippen molar-refractivity contribution in [3.8, 4) is 0 Å². The van der Waals surface area contributed by atoms with Crippen LogP contribution in [0.3, 0.4) is 0 Å². The molecular formula is C12H17NO4. The van der Waals surface area contributed by atoms with E-state index in [1.54, 1.807) is 0 Å². The monoisotopic (exact) mass is 239 g/mol. The van der Waals surface area contributed by atoms with Gasteiger partial charge in [0.1, 0.15) is 0 Å². The van der Waals surface area contributed by atoms with Crippen LogP contribution in [-0.2, 0) is 9.59 Å². The number of fused-ring (bicyclic) bond motifs is 2. The van der Waals surface area contributed by atoms with E-state index in [9.17, 15) is 14.7 Å². The van der Waals surface area contributed by atoms with Gasteiger partial charge in [-0.05, 0) is 24.7 Å². The van der Waals surface area contributed by atoms with Crippen LogP contribution in [0.1, 0.15) is 12.8 Å². The second-order valence-electron chi connectivity index (χ2n) is 4.71. The molecule has 2 unspecified atom stereocenters. The summed E-state index contributed by atoms with van der Waals surface area (Å²) in [5.74, 6) is -2.03. The number of amides is 1. The van der Waals surface area contributed by atoms with E-state index in [0.717, 1.165) is 6.42 Å². The Bertz CT molecular complexity index is 352. The largest absolute Gasteiger partial charge is 0.481 e. The lowest BCUT2D eigenvalue weighted by Gasteiger charge is -2.23. The van der Waals surface area contributed by atoms with Gasteiger partial charge in [0.05, 0.1) is 11.8 Å². The topological polar surface area (TPSA) is 86.6 Å². The van der Waals surface area contributed by atoms with E-state index in [-0.39, 0.29) is 24.3 Å². The summed E-state index contributed by atoms with van der Waals surface area (Å²) in [5, 5.41) is 20.5. The Morgan fingerprint density at radius 3 is 2.47 bits per heavy atom. The number of rotatable bonds is 5. The van der Waals surface area contributed by atoms with Gasteiger partial charge in [-0.3, -0.25) is 9.59 Å². The Kier molecular flexibility index (Phi) is 3.47. The fourth-order valence-corrected chi connectivity index (χ4v) is 2.92. The predicted molar refractivity (Wildman–Crippen MR) is 60.1 cm³/mol.